The number of aromatic nitrogens is 1. The van der Waals surface area contributed by atoms with Crippen LogP contribution in [0.3, 0.4) is 0 Å². The molecule has 0 aliphatic heterocycles. The van der Waals surface area contributed by atoms with Crippen molar-refractivity contribution in [2.24, 2.45) is 0 Å². The molecule has 1 aliphatic rings. The molecule has 1 heterocycles. The number of nitrogens with zero attached hydrogens (tertiary/aromatic N) is 1. The van der Waals surface area contributed by atoms with Gasteiger partial charge >= 0.3 is 0 Å². The van der Waals surface area contributed by atoms with Gasteiger partial charge in [0.25, 0.3) is 0 Å². The van der Waals surface area contributed by atoms with Crippen LogP contribution < -0.4 is 0 Å². The smallest absolute Gasteiger partial charge is 0.0538 e. The number of rotatable bonds is 1. The predicted octanol–water partition coefficient (Wildman–Crippen LogP) is 7.79. The van der Waals surface area contributed by atoms with E-state index in [1.165, 1.54) is 55.2 Å². The van der Waals surface area contributed by atoms with E-state index in [9.17, 15) is 0 Å². The van der Waals surface area contributed by atoms with E-state index in [2.05, 4.69) is 110 Å². The molecule has 0 saturated carbocycles. The zero-order valence-electron chi connectivity index (χ0n) is 17.7. The lowest BCUT2D eigenvalue weighted by molar-refractivity contribution is 0.423. The summed E-state index contributed by atoms with van der Waals surface area (Å²) in [4.78, 5) is 0. The van der Waals surface area contributed by atoms with Gasteiger partial charge in [-0.05, 0) is 66.3 Å². The molecule has 1 aromatic heterocycles. The van der Waals surface area contributed by atoms with Crippen molar-refractivity contribution in [3.05, 3.63) is 96.1 Å². The Balaban J connectivity index is 1.71. The Bertz CT molecular complexity index is 1430. The third kappa shape index (κ3) is 2.42. The minimum Gasteiger partial charge on any atom is -0.335 e. The van der Waals surface area contributed by atoms with Crippen LogP contribution >= 0.6 is 0 Å². The number of hydrogen-bond donors (Lipinski definition) is 0. The maximum Gasteiger partial charge on any atom is 0.0538 e. The largest absolute Gasteiger partial charge is 0.335 e. The Labute approximate surface area is 177 Å². The average molecular weight is 388 g/mol. The maximum absolute atomic E-state index is 2.57. The summed E-state index contributed by atoms with van der Waals surface area (Å²) in [6.07, 6.45) is 1.01. The van der Waals surface area contributed by atoms with Crippen LogP contribution in [0.5, 0.6) is 0 Å². The van der Waals surface area contributed by atoms with Gasteiger partial charge < -0.3 is 4.57 Å². The van der Waals surface area contributed by atoms with Crippen LogP contribution in [0.2, 0.25) is 0 Å². The Morgan fingerprint density at radius 2 is 1.43 bits per heavy atom. The number of fused-ring (bicyclic) bond motifs is 7. The Hall–Kier alpha value is -3.32. The summed E-state index contributed by atoms with van der Waals surface area (Å²) >= 11 is 0. The molecule has 0 saturated heterocycles. The second-order valence-corrected chi connectivity index (χ2v) is 9.43. The van der Waals surface area contributed by atoms with Crippen molar-refractivity contribution < 1.29 is 0 Å². The molecule has 0 bridgehead atoms. The normalized spacial score (nSPS) is 13.0. The van der Waals surface area contributed by atoms with Crippen LogP contribution in [0.15, 0.2) is 84.9 Å². The summed E-state index contributed by atoms with van der Waals surface area (Å²) in [6.45, 7) is 6.95. The molecule has 1 aliphatic carbocycles. The van der Waals surface area contributed by atoms with Crippen molar-refractivity contribution in [2.45, 2.75) is 32.7 Å². The van der Waals surface area contributed by atoms with E-state index in [4.69, 9.17) is 0 Å². The van der Waals surface area contributed by atoms with Crippen LogP contribution in [0.4, 0.5) is 0 Å². The van der Waals surface area contributed by atoms with E-state index >= 15 is 0 Å². The SMILES string of the molecule is CC(C)(C)n1c2ccc(-c3ccccc3)cc2c2ccc3c(c21)Cc1ccccc1-3. The predicted molar refractivity (Wildman–Crippen MR) is 128 cm³/mol. The van der Waals surface area contributed by atoms with Crippen LogP contribution in [0, 0.1) is 0 Å². The Morgan fingerprint density at radius 3 is 2.23 bits per heavy atom. The minimum absolute atomic E-state index is 0.00182. The van der Waals surface area contributed by atoms with Gasteiger partial charge in [-0.15, -0.1) is 0 Å². The highest BCUT2D eigenvalue weighted by Crippen LogP contribution is 2.45. The summed E-state index contributed by atoms with van der Waals surface area (Å²) < 4.78 is 2.57. The van der Waals surface area contributed by atoms with Gasteiger partial charge in [0.1, 0.15) is 0 Å². The third-order valence-corrected chi connectivity index (χ3v) is 6.49. The summed E-state index contributed by atoms with van der Waals surface area (Å²) in [5, 5.41) is 2.71. The topological polar surface area (TPSA) is 4.93 Å². The van der Waals surface area contributed by atoms with Gasteiger partial charge in [0.2, 0.25) is 0 Å². The van der Waals surface area contributed by atoms with Crippen molar-refractivity contribution in [1.29, 1.82) is 0 Å². The molecule has 0 spiro atoms. The van der Waals surface area contributed by atoms with Crippen molar-refractivity contribution in [1.82, 2.24) is 4.57 Å². The third-order valence-electron chi connectivity index (χ3n) is 6.49. The molecule has 1 nitrogen and oxygen atoms in total. The van der Waals surface area contributed by atoms with Gasteiger partial charge in [-0.25, -0.2) is 0 Å². The van der Waals surface area contributed by atoms with Gasteiger partial charge in [-0.2, -0.15) is 0 Å². The zero-order chi connectivity index (χ0) is 20.5. The molecule has 0 unspecified atom stereocenters. The van der Waals surface area contributed by atoms with Gasteiger partial charge in [0.05, 0.1) is 5.52 Å². The van der Waals surface area contributed by atoms with E-state index in [0.717, 1.165) is 6.42 Å². The lowest BCUT2D eigenvalue weighted by Crippen LogP contribution is -2.21. The molecular formula is C29H25N. The van der Waals surface area contributed by atoms with Gasteiger partial charge in [-0.1, -0.05) is 72.8 Å². The molecule has 6 rings (SSSR count). The molecule has 146 valence electrons. The van der Waals surface area contributed by atoms with E-state index in [0.29, 0.717) is 0 Å². The van der Waals surface area contributed by atoms with Gasteiger partial charge in [0, 0.05) is 28.2 Å². The highest BCUT2D eigenvalue weighted by atomic mass is 15.0. The van der Waals surface area contributed by atoms with E-state index in [-0.39, 0.29) is 5.54 Å². The molecule has 4 aromatic carbocycles. The lowest BCUT2D eigenvalue weighted by atomic mass is 10.0. The molecule has 0 fully saturated rings. The molecular weight excluding hydrogens is 362 g/mol. The van der Waals surface area contributed by atoms with Crippen molar-refractivity contribution in [3.8, 4) is 22.3 Å². The summed E-state index contributed by atoms with van der Waals surface area (Å²) in [5.41, 5.74) is 11.0. The molecule has 0 amide bonds. The first kappa shape index (κ1) is 17.5. The second-order valence-electron chi connectivity index (χ2n) is 9.43. The first-order valence-corrected chi connectivity index (χ1v) is 10.8. The summed E-state index contributed by atoms with van der Waals surface area (Å²) in [7, 11) is 0. The number of hydrogen-bond acceptors (Lipinski definition) is 0. The molecule has 0 N–H and O–H groups in total. The van der Waals surface area contributed by atoms with Gasteiger partial charge in [-0.3, -0.25) is 0 Å². The first-order chi connectivity index (χ1) is 14.5. The molecule has 1 heteroatoms. The van der Waals surface area contributed by atoms with Crippen LogP contribution in [0.1, 0.15) is 31.9 Å². The van der Waals surface area contributed by atoms with Crippen molar-refractivity contribution in [2.75, 3.05) is 0 Å². The molecule has 0 atom stereocenters. The van der Waals surface area contributed by atoms with E-state index < -0.39 is 0 Å². The fourth-order valence-electron chi connectivity index (χ4n) is 5.24. The highest BCUT2D eigenvalue weighted by molar-refractivity contribution is 6.12. The molecule has 0 radical (unpaired) electrons. The zero-order valence-corrected chi connectivity index (χ0v) is 17.7. The quantitative estimate of drug-likeness (QED) is 0.271. The second kappa shape index (κ2) is 6.09. The molecule has 5 aromatic rings. The van der Waals surface area contributed by atoms with Crippen LogP contribution in [0.25, 0.3) is 44.1 Å². The van der Waals surface area contributed by atoms with Crippen LogP contribution in [-0.4, -0.2) is 4.57 Å². The lowest BCUT2D eigenvalue weighted by Gasteiger charge is -2.25. The standard InChI is InChI=1S/C29H25N/c1-29(2,3)30-27-16-13-20(19-9-5-4-6-10-19)17-25(27)24-15-14-23-22-12-8-7-11-21(22)18-26(23)28(24)30/h4-17H,18H2,1-3H3. The van der Waals surface area contributed by atoms with Crippen molar-refractivity contribution >= 4 is 21.8 Å². The van der Waals surface area contributed by atoms with E-state index in [1.807, 2.05) is 0 Å². The minimum atomic E-state index is -0.00182. The van der Waals surface area contributed by atoms with Crippen molar-refractivity contribution in [3.63, 3.8) is 0 Å². The van der Waals surface area contributed by atoms with Gasteiger partial charge in [0.15, 0.2) is 0 Å². The maximum atomic E-state index is 2.57. The highest BCUT2D eigenvalue weighted by Gasteiger charge is 2.27. The molecule has 30 heavy (non-hydrogen) atoms. The summed E-state index contributed by atoms with van der Waals surface area (Å²) in [6, 6.07) is 31.2. The summed E-state index contributed by atoms with van der Waals surface area (Å²) in [5.74, 6) is 0. The average Bonchev–Trinajstić information content (AvgIpc) is 3.29. The number of benzene rings is 4. The monoisotopic (exact) mass is 387 g/mol. The first-order valence-electron chi connectivity index (χ1n) is 10.8. The Morgan fingerprint density at radius 1 is 0.667 bits per heavy atom. The van der Waals surface area contributed by atoms with Crippen LogP contribution in [-0.2, 0) is 12.0 Å². The fraction of sp³-hybridized carbons (Fsp3) is 0.172. The Kier molecular flexibility index (Phi) is 3.56. The van der Waals surface area contributed by atoms with E-state index in [1.54, 1.807) is 0 Å². The fourth-order valence-corrected chi connectivity index (χ4v) is 5.24.